The molecule has 1 aliphatic rings. The van der Waals surface area contributed by atoms with E-state index in [0.717, 1.165) is 0 Å². The van der Waals surface area contributed by atoms with Gasteiger partial charge >= 0.3 is 5.97 Å². The van der Waals surface area contributed by atoms with Gasteiger partial charge in [0.05, 0.1) is 6.10 Å². The first-order chi connectivity index (χ1) is 5.10. The molecular weight excluding hydrogens is 148 g/mol. The molecule has 2 atom stereocenters. The number of aldehydes is 1. The van der Waals surface area contributed by atoms with Gasteiger partial charge in [0.15, 0.2) is 0 Å². The standard InChI is InChI=1S/C7H10O4/c8-4-7(6(10)11)2-1-5(9)3-7/h4-5,9H,1-3H2,(H,10,11). The van der Waals surface area contributed by atoms with Crippen LogP contribution in [0.15, 0.2) is 0 Å². The Morgan fingerprint density at radius 2 is 2.27 bits per heavy atom. The number of aliphatic carboxylic acids is 1. The number of rotatable bonds is 2. The first-order valence-electron chi connectivity index (χ1n) is 3.48. The molecule has 4 heteroatoms. The van der Waals surface area contributed by atoms with Crippen LogP contribution in [-0.2, 0) is 9.59 Å². The van der Waals surface area contributed by atoms with Crippen molar-refractivity contribution in [2.45, 2.75) is 25.4 Å². The van der Waals surface area contributed by atoms with Crippen molar-refractivity contribution in [2.24, 2.45) is 5.41 Å². The van der Waals surface area contributed by atoms with Gasteiger partial charge < -0.3 is 15.0 Å². The van der Waals surface area contributed by atoms with Gasteiger partial charge in [0.2, 0.25) is 0 Å². The van der Waals surface area contributed by atoms with E-state index in [1.165, 1.54) is 0 Å². The molecule has 0 aromatic rings. The Kier molecular flexibility index (Phi) is 1.95. The molecule has 2 unspecified atom stereocenters. The van der Waals surface area contributed by atoms with Crippen LogP contribution < -0.4 is 0 Å². The number of carbonyl (C=O) groups is 2. The lowest BCUT2D eigenvalue weighted by atomic mass is 9.88. The molecule has 1 fully saturated rings. The normalized spacial score (nSPS) is 37.0. The van der Waals surface area contributed by atoms with Gasteiger partial charge in [-0.3, -0.25) is 4.79 Å². The van der Waals surface area contributed by atoms with E-state index in [9.17, 15) is 9.59 Å². The molecule has 11 heavy (non-hydrogen) atoms. The Bertz CT molecular complexity index is 189. The molecule has 0 saturated heterocycles. The van der Waals surface area contributed by atoms with Crippen LogP contribution in [0.1, 0.15) is 19.3 Å². The lowest BCUT2D eigenvalue weighted by Crippen LogP contribution is -2.30. The van der Waals surface area contributed by atoms with E-state index in [1.54, 1.807) is 0 Å². The van der Waals surface area contributed by atoms with Crippen LogP contribution in [0.4, 0.5) is 0 Å². The summed E-state index contributed by atoms with van der Waals surface area (Å²) in [4.78, 5) is 21.0. The highest BCUT2D eigenvalue weighted by Crippen LogP contribution is 2.36. The molecule has 0 heterocycles. The van der Waals surface area contributed by atoms with E-state index in [-0.39, 0.29) is 12.8 Å². The fourth-order valence-electron chi connectivity index (χ4n) is 1.40. The van der Waals surface area contributed by atoms with Crippen molar-refractivity contribution in [1.29, 1.82) is 0 Å². The second-order valence-electron chi connectivity index (χ2n) is 2.98. The predicted octanol–water partition coefficient (Wildman–Crippen LogP) is -0.199. The summed E-state index contributed by atoms with van der Waals surface area (Å²) in [5.74, 6) is -1.12. The maximum atomic E-state index is 10.6. The molecule has 1 rings (SSSR count). The third-order valence-corrected chi connectivity index (χ3v) is 2.18. The van der Waals surface area contributed by atoms with Crippen LogP contribution in [-0.4, -0.2) is 28.6 Å². The number of hydrogen-bond donors (Lipinski definition) is 2. The molecule has 0 aromatic heterocycles. The number of aliphatic hydroxyl groups is 1. The van der Waals surface area contributed by atoms with Gasteiger partial charge in [-0.1, -0.05) is 0 Å². The summed E-state index contributed by atoms with van der Waals surface area (Å²) >= 11 is 0. The molecule has 0 radical (unpaired) electrons. The van der Waals surface area contributed by atoms with E-state index in [2.05, 4.69) is 0 Å². The molecule has 62 valence electrons. The summed E-state index contributed by atoms with van der Waals surface area (Å²) < 4.78 is 0. The van der Waals surface area contributed by atoms with Crippen LogP contribution in [0.2, 0.25) is 0 Å². The summed E-state index contributed by atoms with van der Waals surface area (Å²) in [7, 11) is 0. The van der Waals surface area contributed by atoms with Crippen LogP contribution in [0.5, 0.6) is 0 Å². The maximum Gasteiger partial charge on any atom is 0.316 e. The van der Waals surface area contributed by atoms with Crippen molar-refractivity contribution < 1.29 is 19.8 Å². The van der Waals surface area contributed by atoms with E-state index in [1.807, 2.05) is 0 Å². The SMILES string of the molecule is O=CC1(C(=O)O)CCC(O)C1. The second-order valence-corrected chi connectivity index (χ2v) is 2.98. The highest BCUT2D eigenvalue weighted by Gasteiger charge is 2.45. The highest BCUT2D eigenvalue weighted by molar-refractivity contribution is 5.92. The fourth-order valence-corrected chi connectivity index (χ4v) is 1.40. The number of carbonyl (C=O) groups excluding carboxylic acids is 1. The zero-order chi connectivity index (χ0) is 8.48. The molecule has 0 amide bonds. The Morgan fingerprint density at radius 3 is 2.45 bits per heavy atom. The lowest BCUT2D eigenvalue weighted by Gasteiger charge is -2.14. The van der Waals surface area contributed by atoms with Crippen LogP contribution in [0, 0.1) is 5.41 Å². The molecule has 2 N–H and O–H groups in total. The molecule has 1 saturated carbocycles. The van der Waals surface area contributed by atoms with Gasteiger partial charge in [0.1, 0.15) is 11.7 Å². The van der Waals surface area contributed by atoms with Gasteiger partial charge in [-0.05, 0) is 19.3 Å². The van der Waals surface area contributed by atoms with Crippen LogP contribution in [0.25, 0.3) is 0 Å². The summed E-state index contributed by atoms with van der Waals surface area (Å²) in [6, 6.07) is 0. The van der Waals surface area contributed by atoms with E-state index >= 15 is 0 Å². The summed E-state index contributed by atoms with van der Waals surface area (Å²) in [5, 5.41) is 17.7. The Hall–Kier alpha value is -0.900. The van der Waals surface area contributed by atoms with Gasteiger partial charge in [-0.2, -0.15) is 0 Å². The van der Waals surface area contributed by atoms with Gasteiger partial charge in [-0.25, -0.2) is 0 Å². The Labute approximate surface area is 63.8 Å². The third-order valence-electron chi connectivity index (χ3n) is 2.18. The van der Waals surface area contributed by atoms with Gasteiger partial charge in [0, 0.05) is 0 Å². The Morgan fingerprint density at radius 1 is 1.64 bits per heavy atom. The average molecular weight is 158 g/mol. The van der Waals surface area contributed by atoms with Crippen molar-refractivity contribution in [2.75, 3.05) is 0 Å². The number of aliphatic hydroxyl groups excluding tert-OH is 1. The minimum atomic E-state index is -1.31. The summed E-state index contributed by atoms with van der Waals surface area (Å²) in [6.07, 6.45) is 0.534. The first-order valence-corrected chi connectivity index (χ1v) is 3.48. The number of carboxylic acids is 1. The largest absolute Gasteiger partial charge is 0.481 e. The van der Waals surface area contributed by atoms with Crippen molar-refractivity contribution in [3.8, 4) is 0 Å². The predicted molar refractivity (Wildman–Crippen MR) is 36.0 cm³/mol. The fraction of sp³-hybridized carbons (Fsp3) is 0.714. The summed E-state index contributed by atoms with van der Waals surface area (Å²) in [6.45, 7) is 0. The van der Waals surface area contributed by atoms with Crippen molar-refractivity contribution in [3.63, 3.8) is 0 Å². The van der Waals surface area contributed by atoms with Crippen LogP contribution >= 0.6 is 0 Å². The molecule has 4 nitrogen and oxygen atoms in total. The average Bonchev–Trinajstić information content (AvgIpc) is 2.33. The zero-order valence-corrected chi connectivity index (χ0v) is 5.99. The van der Waals surface area contributed by atoms with Crippen molar-refractivity contribution in [3.05, 3.63) is 0 Å². The van der Waals surface area contributed by atoms with Crippen LogP contribution in [0.3, 0.4) is 0 Å². The first kappa shape index (κ1) is 8.20. The highest BCUT2D eigenvalue weighted by atomic mass is 16.4. The molecular formula is C7H10O4. The second kappa shape index (κ2) is 2.62. The minimum Gasteiger partial charge on any atom is -0.481 e. The lowest BCUT2D eigenvalue weighted by molar-refractivity contribution is -0.151. The van der Waals surface area contributed by atoms with Crippen molar-refractivity contribution in [1.82, 2.24) is 0 Å². The maximum absolute atomic E-state index is 10.6. The monoisotopic (exact) mass is 158 g/mol. The molecule has 0 spiro atoms. The summed E-state index contributed by atoms with van der Waals surface area (Å²) in [5.41, 5.74) is -1.31. The molecule has 0 aromatic carbocycles. The van der Waals surface area contributed by atoms with E-state index in [0.29, 0.717) is 12.7 Å². The third kappa shape index (κ3) is 1.26. The zero-order valence-electron chi connectivity index (χ0n) is 5.99. The molecule has 1 aliphatic carbocycles. The van der Waals surface area contributed by atoms with Crippen molar-refractivity contribution >= 4 is 12.3 Å². The van der Waals surface area contributed by atoms with Gasteiger partial charge in [0.25, 0.3) is 0 Å². The van der Waals surface area contributed by atoms with E-state index < -0.39 is 17.5 Å². The smallest absolute Gasteiger partial charge is 0.316 e. The minimum absolute atomic E-state index is 0.0613. The molecule has 0 aliphatic heterocycles. The van der Waals surface area contributed by atoms with E-state index in [4.69, 9.17) is 10.2 Å². The Balaban J connectivity index is 2.78. The molecule has 0 bridgehead atoms. The van der Waals surface area contributed by atoms with Gasteiger partial charge in [-0.15, -0.1) is 0 Å². The topological polar surface area (TPSA) is 74.6 Å². The quantitative estimate of drug-likeness (QED) is 0.431. The number of hydrogen-bond acceptors (Lipinski definition) is 3. The number of carboxylic acid groups (broad SMARTS) is 1.